The molecule has 0 bridgehead atoms. The standard InChI is InChI=1S/C29H32N4O3/c34-22-25-8-12-27(13-9-25)26-10-6-24(7-11-26)18-32-16-14-30-28(35)20-33(21-29(36)31-15-17-32)19-23-4-2-1-3-5-23/h1-13,22H,14-21H2,(H,30,35)(H,31,36). The number of nitrogens with one attached hydrogen (secondary N) is 2. The van der Waals surface area contributed by atoms with Crippen LogP contribution in [0.4, 0.5) is 0 Å². The summed E-state index contributed by atoms with van der Waals surface area (Å²) in [5.41, 5.74) is 5.03. The highest BCUT2D eigenvalue weighted by Gasteiger charge is 2.17. The lowest BCUT2D eigenvalue weighted by Crippen LogP contribution is -2.47. The van der Waals surface area contributed by atoms with E-state index in [9.17, 15) is 14.4 Å². The van der Waals surface area contributed by atoms with E-state index in [1.165, 1.54) is 0 Å². The molecule has 1 aliphatic rings. The molecule has 0 spiro atoms. The van der Waals surface area contributed by atoms with E-state index >= 15 is 0 Å². The molecular formula is C29H32N4O3. The number of aldehydes is 1. The summed E-state index contributed by atoms with van der Waals surface area (Å²) in [7, 11) is 0. The van der Waals surface area contributed by atoms with E-state index in [4.69, 9.17) is 0 Å². The molecule has 36 heavy (non-hydrogen) atoms. The van der Waals surface area contributed by atoms with E-state index in [0.717, 1.165) is 35.1 Å². The number of rotatable bonds is 6. The molecular weight excluding hydrogens is 452 g/mol. The zero-order valence-electron chi connectivity index (χ0n) is 20.4. The number of carbonyl (C=O) groups is 3. The van der Waals surface area contributed by atoms with Gasteiger partial charge in [0.2, 0.25) is 11.8 Å². The highest BCUT2D eigenvalue weighted by molar-refractivity contribution is 5.81. The smallest absolute Gasteiger partial charge is 0.234 e. The number of hydrogen-bond acceptors (Lipinski definition) is 5. The predicted octanol–water partition coefficient (Wildman–Crippen LogP) is 2.72. The molecule has 0 radical (unpaired) electrons. The first-order valence-electron chi connectivity index (χ1n) is 12.3. The monoisotopic (exact) mass is 484 g/mol. The quantitative estimate of drug-likeness (QED) is 0.526. The Bertz CT molecular complexity index is 1120. The van der Waals surface area contributed by atoms with Crippen LogP contribution in [0.1, 0.15) is 21.5 Å². The van der Waals surface area contributed by atoms with Crippen LogP contribution in [-0.4, -0.2) is 67.2 Å². The van der Waals surface area contributed by atoms with Gasteiger partial charge in [0.1, 0.15) is 6.29 Å². The van der Waals surface area contributed by atoms with Crippen molar-refractivity contribution in [2.45, 2.75) is 13.1 Å². The molecule has 1 heterocycles. The van der Waals surface area contributed by atoms with Crippen molar-refractivity contribution in [2.24, 2.45) is 0 Å². The van der Waals surface area contributed by atoms with Gasteiger partial charge in [0.05, 0.1) is 13.1 Å². The van der Waals surface area contributed by atoms with Gasteiger partial charge in [-0.2, -0.15) is 0 Å². The Morgan fingerprint density at radius 1 is 0.639 bits per heavy atom. The molecule has 186 valence electrons. The SMILES string of the molecule is O=Cc1ccc(-c2ccc(CN3CCNC(=O)CN(Cc4ccccc4)CC(=O)NCC3)cc2)cc1. The van der Waals surface area contributed by atoms with Gasteiger partial charge in [-0.25, -0.2) is 0 Å². The van der Waals surface area contributed by atoms with Crippen molar-refractivity contribution >= 4 is 18.1 Å². The van der Waals surface area contributed by atoms with Crippen LogP contribution in [0.15, 0.2) is 78.9 Å². The second-order valence-electron chi connectivity index (χ2n) is 9.04. The van der Waals surface area contributed by atoms with Gasteiger partial charge in [-0.3, -0.25) is 24.2 Å². The van der Waals surface area contributed by atoms with E-state index in [1.54, 1.807) is 0 Å². The lowest BCUT2D eigenvalue weighted by molar-refractivity contribution is -0.125. The van der Waals surface area contributed by atoms with Crippen molar-refractivity contribution in [3.05, 3.63) is 95.6 Å². The van der Waals surface area contributed by atoms with Crippen molar-refractivity contribution in [3.63, 3.8) is 0 Å². The van der Waals surface area contributed by atoms with E-state index in [1.807, 2.05) is 59.5 Å². The first-order valence-corrected chi connectivity index (χ1v) is 12.3. The fourth-order valence-electron chi connectivity index (χ4n) is 4.32. The summed E-state index contributed by atoms with van der Waals surface area (Å²) in [5.74, 6) is -0.159. The van der Waals surface area contributed by atoms with Crippen LogP contribution in [0, 0.1) is 0 Å². The fourth-order valence-corrected chi connectivity index (χ4v) is 4.32. The van der Waals surface area contributed by atoms with Crippen molar-refractivity contribution in [3.8, 4) is 11.1 Å². The van der Waals surface area contributed by atoms with Crippen molar-refractivity contribution in [1.82, 2.24) is 20.4 Å². The maximum absolute atomic E-state index is 12.6. The molecule has 7 nitrogen and oxygen atoms in total. The van der Waals surface area contributed by atoms with Gasteiger partial charge in [-0.1, -0.05) is 78.9 Å². The summed E-state index contributed by atoms with van der Waals surface area (Å²) >= 11 is 0. The average Bonchev–Trinajstić information content (AvgIpc) is 2.89. The summed E-state index contributed by atoms with van der Waals surface area (Å²) in [4.78, 5) is 40.1. The molecule has 0 saturated carbocycles. The largest absolute Gasteiger partial charge is 0.354 e. The Hall–Kier alpha value is -3.81. The molecule has 4 rings (SSSR count). The number of nitrogens with zero attached hydrogens (tertiary/aromatic N) is 2. The van der Waals surface area contributed by atoms with Gasteiger partial charge in [-0.15, -0.1) is 0 Å². The van der Waals surface area contributed by atoms with Gasteiger partial charge in [0.15, 0.2) is 0 Å². The number of benzene rings is 3. The molecule has 0 unspecified atom stereocenters. The van der Waals surface area contributed by atoms with Crippen LogP contribution in [0.25, 0.3) is 11.1 Å². The van der Waals surface area contributed by atoms with E-state index < -0.39 is 0 Å². The van der Waals surface area contributed by atoms with Gasteiger partial charge in [-0.05, 0) is 22.3 Å². The molecule has 0 aliphatic carbocycles. The predicted molar refractivity (Wildman–Crippen MR) is 140 cm³/mol. The topological polar surface area (TPSA) is 81.8 Å². The summed E-state index contributed by atoms with van der Waals surface area (Å²) < 4.78 is 0. The van der Waals surface area contributed by atoms with Gasteiger partial charge in [0, 0.05) is 44.8 Å². The molecule has 0 atom stereocenters. The number of carbonyl (C=O) groups excluding carboxylic acids is 3. The minimum absolute atomic E-state index is 0.0794. The Morgan fingerprint density at radius 3 is 1.69 bits per heavy atom. The molecule has 0 aromatic heterocycles. The molecule has 1 saturated heterocycles. The highest BCUT2D eigenvalue weighted by Crippen LogP contribution is 2.20. The maximum Gasteiger partial charge on any atom is 0.234 e. The third-order valence-electron chi connectivity index (χ3n) is 6.22. The molecule has 3 aromatic carbocycles. The first kappa shape index (κ1) is 25.3. The lowest BCUT2D eigenvalue weighted by Gasteiger charge is -2.26. The van der Waals surface area contributed by atoms with Gasteiger partial charge in [0.25, 0.3) is 0 Å². The van der Waals surface area contributed by atoms with Crippen molar-refractivity contribution in [2.75, 3.05) is 39.3 Å². The van der Waals surface area contributed by atoms with Crippen LogP contribution >= 0.6 is 0 Å². The Balaban J connectivity index is 1.34. The van der Waals surface area contributed by atoms with Crippen LogP contribution in [-0.2, 0) is 22.7 Å². The fraction of sp³-hybridized carbons (Fsp3) is 0.276. The molecule has 2 amide bonds. The van der Waals surface area contributed by atoms with E-state index in [0.29, 0.717) is 38.3 Å². The van der Waals surface area contributed by atoms with Gasteiger partial charge < -0.3 is 10.6 Å². The molecule has 7 heteroatoms. The molecule has 3 aromatic rings. The zero-order valence-corrected chi connectivity index (χ0v) is 20.4. The van der Waals surface area contributed by atoms with E-state index in [-0.39, 0.29) is 24.9 Å². The molecule has 2 N–H and O–H groups in total. The summed E-state index contributed by atoms with van der Waals surface area (Å²) in [6.07, 6.45) is 0.843. The normalized spacial score (nSPS) is 16.3. The Labute approximate surface area is 212 Å². The lowest BCUT2D eigenvalue weighted by atomic mass is 10.0. The second-order valence-corrected chi connectivity index (χ2v) is 9.04. The third kappa shape index (κ3) is 7.60. The van der Waals surface area contributed by atoms with Crippen LogP contribution in [0.3, 0.4) is 0 Å². The molecule has 1 aliphatic heterocycles. The number of hydrogen-bond donors (Lipinski definition) is 2. The maximum atomic E-state index is 12.6. The van der Waals surface area contributed by atoms with Crippen LogP contribution in [0.2, 0.25) is 0 Å². The minimum Gasteiger partial charge on any atom is -0.354 e. The average molecular weight is 485 g/mol. The van der Waals surface area contributed by atoms with Crippen LogP contribution < -0.4 is 10.6 Å². The highest BCUT2D eigenvalue weighted by atomic mass is 16.2. The molecule has 1 fully saturated rings. The van der Waals surface area contributed by atoms with Crippen molar-refractivity contribution in [1.29, 1.82) is 0 Å². The summed E-state index contributed by atoms with van der Waals surface area (Å²) in [6, 6.07) is 25.7. The number of amides is 2. The first-order chi connectivity index (χ1) is 17.6. The zero-order chi connectivity index (χ0) is 25.2. The minimum atomic E-state index is -0.0794. The van der Waals surface area contributed by atoms with E-state index in [2.05, 4.69) is 39.8 Å². The Morgan fingerprint density at radius 2 is 1.14 bits per heavy atom. The second kappa shape index (κ2) is 12.8. The summed E-state index contributed by atoms with van der Waals surface area (Å²) in [6.45, 7) is 4.10. The van der Waals surface area contributed by atoms with Crippen LogP contribution in [0.5, 0.6) is 0 Å². The van der Waals surface area contributed by atoms with Crippen molar-refractivity contribution < 1.29 is 14.4 Å². The summed E-state index contributed by atoms with van der Waals surface area (Å²) in [5, 5.41) is 6.02. The third-order valence-corrected chi connectivity index (χ3v) is 6.22. The van der Waals surface area contributed by atoms with Gasteiger partial charge >= 0.3 is 0 Å². The Kier molecular flexibility index (Phi) is 8.97.